The molecule has 2 atom stereocenters. The standard InChI is InChI=1S/C12H22N4O2S/c1-3-15-8-12(14-9-15)19(17,18)16-7-11(6-13)5-4-10(16)2/h8-11H,3-7,13H2,1-2H3. The number of nitrogens with zero attached hydrogens (tertiary/aromatic N) is 3. The zero-order chi connectivity index (χ0) is 14.0. The predicted molar refractivity (Wildman–Crippen MR) is 73.0 cm³/mol. The van der Waals surface area contributed by atoms with Gasteiger partial charge in [0.1, 0.15) is 0 Å². The van der Waals surface area contributed by atoms with Crippen LogP contribution in [-0.4, -0.2) is 41.4 Å². The van der Waals surface area contributed by atoms with Crippen molar-refractivity contribution in [1.82, 2.24) is 13.9 Å². The first kappa shape index (κ1) is 14.5. The Hall–Kier alpha value is -0.920. The fraction of sp³-hybridized carbons (Fsp3) is 0.750. The van der Waals surface area contributed by atoms with Gasteiger partial charge < -0.3 is 10.3 Å². The van der Waals surface area contributed by atoms with Crippen LogP contribution in [-0.2, 0) is 16.6 Å². The number of nitrogens with two attached hydrogens (primary N) is 1. The molecule has 2 heterocycles. The number of aryl methyl sites for hydroxylation is 1. The van der Waals surface area contributed by atoms with Crippen LogP contribution in [0.5, 0.6) is 0 Å². The molecule has 1 aliphatic heterocycles. The van der Waals surface area contributed by atoms with Gasteiger partial charge in [-0.2, -0.15) is 4.31 Å². The summed E-state index contributed by atoms with van der Waals surface area (Å²) in [5, 5.41) is 0.138. The Morgan fingerprint density at radius 2 is 2.21 bits per heavy atom. The molecule has 1 aromatic rings. The lowest BCUT2D eigenvalue weighted by atomic mass is 9.96. The van der Waals surface area contributed by atoms with Gasteiger partial charge in [0, 0.05) is 25.3 Å². The minimum atomic E-state index is -3.50. The molecule has 2 N–H and O–H groups in total. The Labute approximate surface area is 114 Å². The van der Waals surface area contributed by atoms with E-state index in [9.17, 15) is 8.42 Å². The van der Waals surface area contributed by atoms with Gasteiger partial charge in [0.15, 0.2) is 5.03 Å². The molecule has 108 valence electrons. The number of rotatable bonds is 4. The molecule has 0 aliphatic carbocycles. The van der Waals surface area contributed by atoms with Gasteiger partial charge in [-0.05, 0) is 39.2 Å². The molecule has 2 rings (SSSR count). The van der Waals surface area contributed by atoms with Gasteiger partial charge in [0.05, 0.1) is 6.33 Å². The van der Waals surface area contributed by atoms with E-state index in [1.807, 2.05) is 13.8 Å². The predicted octanol–water partition coefficient (Wildman–Crippen LogP) is 0.651. The highest BCUT2D eigenvalue weighted by molar-refractivity contribution is 7.89. The molecular formula is C12H22N4O2S. The number of imidazole rings is 1. The summed E-state index contributed by atoms with van der Waals surface area (Å²) in [6.45, 7) is 5.64. The van der Waals surface area contributed by atoms with Crippen molar-refractivity contribution < 1.29 is 8.42 Å². The van der Waals surface area contributed by atoms with Crippen molar-refractivity contribution in [2.75, 3.05) is 13.1 Å². The summed E-state index contributed by atoms with van der Waals surface area (Å²) in [7, 11) is -3.50. The lowest BCUT2D eigenvalue weighted by Gasteiger charge is -2.35. The lowest BCUT2D eigenvalue weighted by molar-refractivity contribution is 0.210. The molecular weight excluding hydrogens is 264 g/mol. The van der Waals surface area contributed by atoms with Crippen LogP contribution in [0.2, 0.25) is 0 Å². The maximum absolute atomic E-state index is 12.6. The Morgan fingerprint density at radius 3 is 2.79 bits per heavy atom. The summed E-state index contributed by atoms with van der Waals surface area (Å²) in [5.41, 5.74) is 5.68. The molecule has 0 radical (unpaired) electrons. The number of sulfonamides is 1. The smallest absolute Gasteiger partial charge is 0.262 e. The first-order chi connectivity index (χ1) is 8.98. The molecule has 2 unspecified atom stereocenters. The van der Waals surface area contributed by atoms with Gasteiger partial charge in [0.2, 0.25) is 0 Å². The van der Waals surface area contributed by atoms with Crippen molar-refractivity contribution in [2.45, 2.75) is 44.3 Å². The zero-order valence-corrected chi connectivity index (χ0v) is 12.3. The third kappa shape index (κ3) is 2.82. The summed E-state index contributed by atoms with van der Waals surface area (Å²) >= 11 is 0. The van der Waals surface area contributed by atoms with E-state index in [4.69, 9.17) is 5.73 Å². The van der Waals surface area contributed by atoms with Crippen LogP contribution < -0.4 is 5.73 Å². The molecule has 0 bridgehead atoms. The molecule has 7 heteroatoms. The Kier molecular flexibility index (Phi) is 4.27. The fourth-order valence-electron chi connectivity index (χ4n) is 2.44. The lowest BCUT2D eigenvalue weighted by Crippen LogP contribution is -2.47. The van der Waals surface area contributed by atoms with Gasteiger partial charge >= 0.3 is 0 Å². The number of hydrogen-bond acceptors (Lipinski definition) is 4. The van der Waals surface area contributed by atoms with Crippen molar-refractivity contribution in [3.63, 3.8) is 0 Å². The molecule has 6 nitrogen and oxygen atoms in total. The second-order valence-electron chi connectivity index (χ2n) is 5.15. The average molecular weight is 286 g/mol. The van der Waals surface area contributed by atoms with Crippen LogP contribution in [0.25, 0.3) is 0 Å². The first-order valence-corrected chi connectivity index (χ1v) is 8.16. The molecule has 1 aliphatic rings. The molecule has 1 fully saturated rings. The normalized spacial score (nSPS) is 25.6. The van der Waals surface area contributed by atoms with E-state index in [2.05, 4.69) is 4.98 Å². The number of aromatic nitrogens is 2. The molecule has 0 aromatic carbocycles. The molecule has 19 heavy (non-hydrogen) atoms. The fourth-order valence-corrected chi connectivity index (χ4v) is 4.12. The van der Waals surface area contributed by atoms with Crippen molar-refractivity contribution in [3.8, 4) is 0 Å². The second-order valence-corrected chi connectivity index (χ2v) is 6.98. The van der Waals surface area contributed by atoms with Crippen molar-refractivity contribution in [2.24, 2.45) is 11.7 Å². The summed E-state index contributed by atoms with van der Waals surface area (Å²) in [6.07, 6.45) is 5.00. The van der Waals surface area contributed by atoms with E-state index in [1.54, 1.807) is 21.4 Å². The Bertz CT molecular complexity index is 526. The van der Waals surface area contributed by atoms with Crippen LogP contribution in [0.1, 0.15) is 26.7 Å². The molecule has 1 saturated heterocycles. The molecule has 0 saturated carbocycles. The van der Waals surface area contributed by atoms with Crippen LogP contribution >= 0.6 is 0 Å². The summed E-state index contributed by atoms with van der Waals surface area (Å²) in [6, 6.07) is 0.0135. The van der Waals surface area contributed by atoms with Crippen LogP contribution in [0, 0.1) is 5.92 Å². The minimum Gasteiger partial charge on any atom is -0.336 e. The van der Waals surface area contributed by atoms with E-state index in [0.29, 0.717) is 19.6 Å². The third-order valence-corrected chi connectivity index (χ3v) is 5.67. The van der Waals surface area contributed by atoms with Gasteiger partial charge in [-0.3, -0.25) is 0 Å². The maximum Gasteiger partial charge on any atom is 0.262 e. The quantitative estimate of drug-likeness (QED) is 0.881. The van der Waals surface area contributed by atoms with E-state index < -0.39 is 10.0 Å². The molecule has 0 amide bonds. The number of piperidine rings is 1. The summed E-state index contributed by atoms with van der Waals surface area (Å²) in [4.78, 5) is 4.02. The maximum atomic E-state index is 12.6. The summed E-state index contributed by atoms with van der Waals surface area (Å²) < 4.78 is 28.5. The Morgan fingerprint density at radius 1 is 1.47 bits per heavy atom. The Balaban J connectivity index is 2.26. The molecule has 1 aromatic heterocycles. The highest BCUT2D eigenvalue weighted by atomic mass is 32.2. The van der Waals surface area contributed by atoms with Crippen molar-refractivity contribution >= 4 is 10.0 Å². The van der Waals surface area contributed by atoms with E-state index in [-0.39, 0.29) is 17.0 Å². The zero-order valence-electron chi connectivity index (χ0n) is 11.5. The SMILES string of the molecule is CCn1cnc(S(=O)(=O)N2CC(CN)CCC2C)c1. The second kappa shape index (κ2) is 5.60. The van der Waals surface area contributed by atoms with E-state index in [1.165, 1.54) is 0 Å². The first-order valence-electron chi connectivity index (χ1n) is 6.72. The van der Waals surface area contributed by atoms with Gasteiger partial charge in [-0.15, -0.1) is 0 Å². The highest BCUT2D eigenvalue weighted by Crippen LogP contribution is 2.26. The summed E-state index contributed by atoms with van der Waals surface area (Å²) in [5.74, 6) is 0.249. The van der Waals surface area contributed by atoms with Crippen LogP contribution in [0.4, 0.5) is 0 Å². The monoisotopic (exact) mass is 286 g/mol. The van der Waals surface area contributed by atoms with E-state index in [0.717, 1.165) is 12.8 Å². The largest absolute Gasteiger partial charge is 0.336 e. The van der Waals surface area contributed by atoms with Gasteiger partial charge in [-0.25, -0.2) is 13.4 Å². The number of hydrogen-bond donors (Lipinski definition) is 1. The van der Waals surface area contributed by atoms with Crippen molar-refractivity contribution in [3.05, 3.63) is 12.5 Å². The van der Waals surface area contributed by atoms with Crippen molar-refractivity contribution in [1.29, 1.82) is 0 Å². The van der Waals surface area contributed by atoms with Crippen LogP contribution in [0.3, 0.4) is 0 Å². The minimum absolute atomic E-state index is 0.0135. The van der Waals surface area contributed by atoms with Crippen LogP contribution in [0.15, 0.2) is 17.6 Å². The van der Waals surface area contributed by atoms with Gasteiger partial charge in [0.25, 0.3) is 10.0 Å². The highest BCUT2D eigenvalue weighted by Gasteiger charge is 2.35. The third-order valence-electron chi connectivity index (χ3n) is 3.80. The average Bonchev–Trinajstić information content (AvgIpc) is 2.88. The van der Waals surface area contributed by atoms with Gasteiger partial charge in [-0.1, -0.05) is 0 Å². The molecule has 0 spiro atoms. The topological polar surface area (TPSA) is 81.2 Å². The van der Waals surface area contributed by atoms with E-state index >= 15 is 0 Å².